The summed E-state index contributed by atoms with van der Waals surface area (Å²) in [6.07, 6.45) is 1.99. The van der Waals surface area contributed by atoms with Crippen LogP contribution < -0.4 is 20.5 Å². The molecule has 0 fully saturated rings. The summed E-state index contributed by atoms with van der Waals surface area (Å²) in [7, 11) is 1.47. The Hall–Kier alpha value is -5.14. The molecule has 1 amide bonds. The molecule has 272 valence electrons. The standard InChI is InChI=1S/C39H35ClF2N6O4S/c1-18(2)12-26-31(36(43)49)33(32(38-48-47-19(3)52-38)27(45-26)13-21-17-51-29-15-22(40)8-9-23(21)29)30-14-20-10-11-44-37(34(20)53-30)46-35-24-6-5-7-28(50-4)25(24)16-39(35,41)42/h5-11,14-15,18,21,35H,12-13,16-17H2,1-4H3,(H2,43,49)(H,44,46)/t21-,35+/m1/s1. The van der Waals surface area contributed by atoms with Crippen molar-refractivity contribution >= 4 is 44.7 Å². The number of nitrogens with one attached hydrogen (secondary N) is 1. The van der Waals surface area contributed by atoms with Crippen LogP contribution in [0.2, 0.25) is 5.02 Å². The minimum absolute atomic E-state index is 0.0892. The molecule has 5 heterocycles. The topological polar surface area (TPSA) is 138 Å². The zero-order valence-electron chi connectivity index (χ0n) is 29.3. The summed E-state index contributed by atoms with van der Waals surface area (Å²) in [6, 6.07) is 13.0. The number of halogens is 3. The molecule has 1 aliphatic heterocycles. The molecule has 0 unspecified atom stereocenters. The number of pyridine rings is 2. The number of rotatable bonds is 10. The molecule has 0 saturated heterocycles. The number of anilines is 1. The van der Waals surface area contributed by atoms with E-state index >= 15 is 8.78 Å². The molecule has 14 heteroatoms. The molecule has 0 saturated carbocycles. The number of amides is 1. The third-order valence-electron chi connectivity index (χ3n) is 9.73. The van der Waals surface area contributed by atoms with Crippen LogP contribution in [0.3, 0.4) is 0 Å². The number of fused-ring (bicyclic) bond motifs is 3. The van der Waals surface area contributed by atoms with Crippen LogP contribution in [0.15, 0.2) is 59.1 Å². The Balaban J connectivity index is 1.32. The molecule has 3 N–H and O–H groups in total. The largest absolute Gasteiger partial charge is 0.496 e. The van der Waals surface area contributed by atoms with Gasteiger partial charge in [-0.1, -0.05) is 43.6 Å². The Bertz CT molecular complexity index is 2410. The number of benzene rings is 2. The summed E-state index contributed by atoms with van der Waals surface area (Å²) in [5.41, 5.74) is 10.5. The fraction of sp³-hybridized carbons (Fsp3) is 0.308. The second kappa shape index (κ2) is 13.4. The first-order chi connectivity index (χ1) is 25.4. The fourth-order valence-electron chi connectivity index (χ4n) is 7.47. The minimum Gasteiger partial charge on any atom is -0.496 e. The maximum atomic E-state index is 15.7. The molecule has 53 heavy (non-hydrogen) atoms. The molecule has 2 aliphatic rings. The highest BCUT2D eigenvalue weighted by Crippen LogP contribution is 2.50. The molecular weight excluding hydrogens is 722 g/mol. The van der Waals surface area contributed by atoms with E-state index in [1.165, 1.54) is 18.4 Å². The second-order valence-electron chi connectivity index (χ2n) is 13.8. The lowest BCUT2D eigenvalue weighted by molar-refractivity contribution is -0.00734. The van der Waals surface area contributed by atoms with E-state index in [4.69, 9.17) is 36.2 Å². The first kappa shape index (κ1) is 34.9. The van der Waals surface area contributed by atoms with E-state index in [0.717, 1.165) is 10.9 Å². The molecule has 10 nitrogen and oxygen atoms in total. The number of methoxy groups -OCH3 is 1. The van der Waals surface area contributed by atoms with E-state index in [-0.39, 0.29) is 29.1 Å². The minimum atomic E-state index is -3.11. The van der Waals surface area contributed by atoms with Gasteiger partial charge < -0.3 is 24.9 Å². The molecular formula is C39H35ClF2N6O4S. The lowest BCUT2D eigenvalue weighted by atomic mass is 9.88. The molecule has 6 aromatic rings. The van der Waals surface area contributed by atoms with Crippen LogP contribution in [0.5, 0.6) is 11.5 Å². The fourth-order valence-corrected chi connectivity index (χ4v) is 8.80. The summed E-state index contributed by atoms with van der Waals surface area (Å²) < 4.78 is 49.5. The van der Waals surface area contributed by atoms with Gasteiger partial charge in [-0.15, -0.1) is 21.5 Å². The lowest BCUT2D eigenvalue weighted by Gasteiger charge is -2.22. The van der Waals surface area contributed by atoms with E-state index < -0.39 is 24.3 Å². The Morgan fingerprint density at radius 3 is 2.70 bits per heavy atom. The number of thiophene rings is 1. The summed E-state index contributed by atoms with van der Waals surface area (Å²) in [6.45, 7) is 6.17. The van der Waals surface area contributed by atoms with Crippen LogP contribution in [0.25, 0.3) is 32.0 Å². The normalized spacial score (nSPS) is 17.2. The Morgan fingerprint density at radius 2 is 1.96 bits per heavy atom. The molecule has 0 radical (unpaired) electrons. The summed E-state index contributed by atoms with van der Waals surface area (Å²) in [4.78, 5) is 23.9. The smallest absolute Gasteiger partial charge is 0.276 e. The monoisotopic (exact) mass is 756 g/mol. The van der Waals surface area contributed by atoms with E-state index in [2.05, 4.69) is 20.5 Å². The molecule has 0 bridgehead atoms. The summed E-state index contributed by atoms with van der Waals surface area (Å²) in [5.74, 6) is -1.82. The van der Waals surface area contributed by atoms with Crippen LogP contribution in [-0.2, 0) is 19.3 Å². The maximum absolute atomic E-state index is 15.7. The molecule has 2 atom stereocenters. The zero-order chi connectivity index (χ0) is 37.2. The van der Waals surface area contributed by atoms with Gasteiger partial charge in [0.25, 0.3) is 11.8 Å². The van der Waals surface area contributed by atoms with Crippen molar-refractivity contribution < 1.29 is 27.5 Å². The van der Waals surface area contributed by atoms with E-state index in [1.54, 1.807) is 43.5 Å². The average molecular weight is 757 g/mol. The Labute approximate surface area is 312 Å². The first-order valence-electron chi connectivity index (χ1n) is 17.2. The van der Waals surface area contributed by atoms with Crippen LogP contribution in [0.1, 0.15) is 70.1 Å². The predicted molar refractivity (Wildman–Crippen MR) is 199 cm³/mol. The van der Waals surface area contributed by atoms with Crippen molar-refractivity contribution in [2.24, 2.45) is 11.7 Å². The van der Waals surface area contributed by atoms with Gasteiger partial charge in [0.05, 0.1) is 40.9 Å². The van der Waals surface area contributed by atoms with Crippen molar-refractivity contribution in [3.05, 3.63) is 99.3 Å². The highest BCUT2D eigenvalue weighted by atomic mass is 35.5. The van der Waals surface area contributed by atoms with Gasteiger partial charge in [0.1, 0.15) is 23.4 Å². The third kappa shape index (κ3) is 6.25. The molecule has 1 aliphatic carbocycles. The predicted octanol–water partition coefficient (Wildman–Crippen LogP) is 8.74. The van der Waals surface area contributed by atoms with E-state index in [9.17, 15) is 4.79 Å². The van der Waals surface area contributed by atoms with Gasteiger partial charge in [-0.25, -0.2) is 13.8 Å². The second-order valence-corrected chi connectivity index (χ2v) is 15.3. The van der Waals surface area contributed by atoms with E-state index in [1.807, 2.05) is 32.0 Å². The molecule has 2 aromatic carbocycles. The number of nitrogens with two attached hydrogens (primary N) is 1. The van der Waals surface area contributed by atoms with E-state index in [0.29, 0.717) is 85.1 Å². The molecule has 8 rings (SSSR count). The number of ether oxygens (including phenoxy) is 2. The van der Waals surface area contributed by atoms with Crippen LogP contribution in [0, 0.1) is 12.8 Å². The number of aromatic nitrogens is 4. The van der Waals surface area contributed by atoms with Crippen molar-refractivity contribution in [2.45, 2.75) is 57.9 Å². The van der Waals surface area contributed by atoms with Gasteiger partial charge in [-0.3, -0.25) is 9.78 Å². The number of hydrogen-bond donors (Lipinski definition) is 2. The quantitative estimate of drug-likeness (QED) is 0.141. The summed E-state index contributed by atoms with van der Waals surface area (Å²) in [5, 5.41) is 12.9. The van der Waals surface area contributed by atoms with Crippen LogP contribution >= 0.6 is 22.9 Å². The summed E-state index contributed by atoms with van der Waals surface area (Å²) >= 11 is 7.58. The maximum Gasteiger partial charge on any atom is 0.276 e. The van der Waals surface area contributed by atoms with Crippen molar-refractivity contribution in [1.29, 1.82) is 0 Å². The lowest BCUT2D eigenvalue weighted by Crippen LogP contribution is -2.28. The molecule has 0 spiro atoms. The number of primary amides is 1. The average Bonchev–Trinajstić information content (AvgIpc) is 3.89. The van der Waals surface area contributed by atoms with Gasteiger partial charge in [-0.2, -0.15) is 0 Å². The number of carbonyl (C=O) groups excluding carboxylic acids is 1. The van der Waals surface area contributed by atoms with Crippen molar-refractivity contribution in [1.82, 2.24) is 20.2 Å². The number of nitrogens with zero attached hydrogens (tertiary/aromatic N) is 4. The number of hydrogen-bond acceptors (Lipinski definition) is 10. The van der Waals surface area contributed by atoms with Crippen molar-refractivity contribution in [3.8, 4) is 33.4 Å². The number of carbonyl (C=O) groups is 1. The number of alkyl halides is 2. The SMILES string of the molecule is COc1cccc2c1CC(F)(F)[C@H]2Nc1nccc2cc(-c3c(C(N)=O)c(CC(C)C)nc(C[C@@H]4COc5cc(Cl)ccc54)c3-c3nnc(C)o3)sc12. The van der Waals surface area contributed by atoms with Gasteiger partial charge in [-0.05, 0) is 53.6 Å². The van der Waals surface area contributed by atoms with Gasteiger partial charge in [0, 0.05) is 58.5 Å². The Morgan fingerprint density at radius 1 is 1.13 bits per heavy atom. The van der Waals surface area contributed by atoms with Gasteiger partial charge >= 0.3 is 0 Å². The third-order valence-corrected chi connectivity index (χ3v) is 11.1. The van der Waals surface area contributed by atoms with Crippen molar-refractivity contribution in [3.63, 3.8) is 0 Å². The molecule has 4 aromatic heterocycles. The van der Waals surface area contributed by atoms with Gasteiger partial charge in [0.15, 0.2) is 0 Å². The zero-order valence-corrected chi connectivity index (χ0v) is 30.9. The first-order valence-corrected chi connectivity index (χ1v) is 18.4. The highest BCUT2D eigenvalue weighted by molar-refractivity contribution is 7.23. The Kier molecular flexibility index (Phi) is 8.81. The van der Waals surface area contributed by atoms with Gasteiger partial charge in [0.2, 0.25) is 11.8 Å². The highest BCUT2D eigenvalue weighted by Gasteiger charge is 2.49. The number of aryl methyl sites for hydroxylation is 1. The van der Waals surface area contributed by atoms with Crippen LogP contribution in [0.4, 0.5) is 14.6 Å². The van der Waals surface area contributed by atoms with Crippen LogP contribution in [-0.4, -0.2) is 45.7 Å². The van der Waals surface area contributed by atoms with Crippen molar-refractivity contribution in [2.75, 3.05) is 19.0 Å².